The first-order chi connectivity index (χ1) is 16.9. The zero-order valence-corrected chi connectivity index (χ0v) is 23.8. The number of sulfonamides is 1. The van der Waals surface area contributed by atoms with Gasteiger partial charge in [0.2, 0.25) is 10.0 Å². The Kier molecular flexibility index (Phi) is 6.28. The average molecular weight is 520 g/mol. The predicted molar refractivity (Wildman–Crippen MR) is 142 cm³/mol. The van der Waals surface area contributed by atoms with E-state index < -0.39 is 10.0 Å². The molecule has 7 heteroatoms. The van der Waals surface area contributed by atoms with Crippen molar-refractivity contribution in [3.63, 3.8) is 0 Å². The second-order valence-corrected chi connectivity index (χ2v) is 16.0. The van der Waals surface area contributed by atoms with Crippen molar-refractivity contribution in [3.05, 3.63) is 16.4 Å². The van der Waals surface area contributed by atoms with E-state index in [4.69, 9.17) is 4.74 Å². The first-order valence-corrected chi connectivity index (χ1v) is 16.6. The summed E-state index contributed by atoms with van der Waals surface area (Å²) < 4.78 is 33.6. The first-order valence-electron chi connectivity index (χ1n) is 14.7. The SMILES string of the molecule is CC1=C2C[C@H]3[C@@H](CC[C@@H]4C[C@H](NS(C)(=O)=O)CC[C@@]43C)[C@@H]2CC[C@@]2(C1)O[C@@H]1C[C@H](C)CN([O-])[C@H]1[C@H]2C. The molecule has 5 fully saturated rings. The summed E-state index contributed by atoms with van der Waals surface area (Å²) in [5, 5.41) is 14.3. The first kappa shape index (κ1) is 25.8. The molecule has 0 unspecified atom stereocenters. The molecule has 1 N–H and O–H groups in total. The standard InChI is InChI=1S/C29H47N2O4S/c1-17-12-26-27(31(32)16-17)19(3)29(35-26)11-9-22-23-7-6-20-13-21(30-36(5,33)34)8-10-28(20,4)25(23)14-24(22)18(2)15-29/h17,19-23,25-27,30H,6-16H2,1-5H3/q-1/t17-,19+,20+,21+,22-,23-,25-,26+,27-,28-,29-/m0/s1. The maximum atomic E-state index is 12.9. The fourth-order valence-electron chi connectivity index (χ4n) is 10.4. The highest BCUT2D eigenvalue weighted by Gasteiger charge is 2.59. The lowest BCUT2D eigenvalue weighted by atomic mass is 9.52. The number of hydroxylamine groups is 2. The van der Waals surface area contributed by atoms with Crippen LogP contribution in [-0.4, -0.2) is 50.1 Å². The van der Waals surface area contributed by atoms with Gasteiger partial charge in [-0.3, -0.25) is 0 Å². The Balaban J connectivity index is 1.23. The Bertz CT molecular complexity index is 1030. The Morgan fingerprint density at radius 1 is 1.11 bits per heavy atom. The summed E-state index contributed by atoms with van der Waals surface area (Å²) in [4.78, 5) is 0. The average Bonchev–Trinajstić information content (AvgIpc) is 3.23. The molecule has 0 aromatic carbocycles. The van der Waals surface area contributed by atoms with Crippen LogP contribution in [0.25, 0.3) is 0 Å². The molecule has 11 atom stereocenters. The molecule has 0 aromatic rings. The Labute approximate surface area is 218 Å². The monoisotopic (exact) mass is 519 g/mol. The van der Waals surface area contributed by atoms with Crippen molar-refractivity contribution in [2.75, 3.05) is 12.8 Å². The lowest BCUT2D eigenvalue weighted by molar-refractivity contribution is -0.0787. The summed E-state index contributed by atoms with van der Waals surface area (Å²) in [6, 6.07) is 0.130. The minimum Gasteiger partial charge on any atom is -0.785 e. The smallest absolute Gasteiger partial charge is 0.208 e. The van der Waals surface area contributed by atoms with Gasteiger partial charge in [-0.25, -0.2) is 13.1 Å². The van der Waals surface area contributed by atoms with E-state index in [1.807, 2.05) is 0 Å². The number of allylic oxidation sites excluding steroid dienone is 1. The summed E-state index contributed by atoms with van der Waals surface area (Å²) in [5.74, 6) is 3.45. The highest BCUT2D eigenvalue weighted by molar-refractivity contribution is 7.88. The lowest BCUT2D eigenvalue weighted by Gasteiger charge is -2.54. The maximum absolute atomic E-state index is 12.9. The Morgan fingerprint density at radius 3 is 2.64 bits per heavy atom. The summed E-state index contributed by atoms with van der Waals surface area (Å²) in [5.41, 5.74) is 3.42. The van der Waals surface area contributed by atoms with Gasteiger partial charge >= 0.3 is 0 Å². The molecule has 2 saturated heterocycles. The third kappa shape index (κ3) is 4.06. The highest BCUT2D eigenvalue weighted by atomic mass is 32.2. The fraction of sp³-hybridized carbons (Fsp3) is 0.931. The lowest BCUT2D eigenvalue weighted by Crippen LogP contribution is -2.50. The molecule has 0 radical (unpaired) electrons. The van der Waals surface area contributed by atoms with E-state index in [2.05, 4.69) is 32.4 Å². The zero-order valence-electron chi connectivity index (χ0n) is 23.0. The minimum absolute atomic E-state index is 0.0229. The van der Waals surface area contributed by atoms with E-state index in [1.54, 1.807) is 11.1 Å². The summed E-state index contributed by atoms with van der Waals surface area (Å²) in [6.45, 7) is 10.0. The van der Waals surface area contributed by atoms with Gasteiger partial charge in [-0.2, -0.15) is 0 Å². The summed E-state index contributed by atoms with van der Waals surface area (Å²) >= 11 is 0. The number of hydrogen-bond donors (Lipinski definition) is 1. The quantitative estimate of drug-likeness (QED) is 0.505. The van der Waals surface area contributed by atoms with Gasteiger partial charge in [0, 0.05) is 18.0 Å². The molecule has 2 heterocycles. The van der Waals surface area contributed by atoms with Crippen molar-refractivity contribution in [2.24, 2.45) is 40.9 Å². The summed E-state index contributed by atoms with van der Waals surface area (Å²) in [6.07, 6.45) is 12.5. The van der Waals surface area contributed by atoms with Gasteiger partial charge in [-0.05, 0) is 113 Å². The second kappa shape index (κ2) is 8.77. The van der Waals surface area contributed by atoms with Crippen LogP contribution in [0.1, 0.15) is 91.9 Å². The number of hydrogen-bond acceptors (Lipinski definition) is 5. The molecular formula is C29H47N2O4S-. The molecule has 6 nitrogen and oxygen atoms in total. The van der Waals surface area contributed by atoms with Crippen molar-refractivity contribution in [2.45, 2.75) is 116 Å². The summed E-state index contributed by atoms with van der Waals surface area (Å²) in [7, 11) is -3.15. The van der Waals surface area contributed by atoms with Gasteiger partial charge in [-0.15, -0.1) is 0 Å². The van der Waals surface area contributed by atoms with Crippen LogP contribution in [0, 0.1) is 46.1 Å². The van der Waals surface area contributed by atoms with E-state index in [-0.39, 0.29) is 29.7 Å². The van der Waals surface area contributed by atoms with E-state index in [0.29, 0.717) is 29.7 Å². The normalized spacial score (nSPS) is 51.4. The number of nitrogens with zero attached hydrogens (tertiary/aromatic N) is 1. The zero-order chi connectivity index (χ0) is 25.6. The van der Waals surface area contributed by atoms with Crippen LogP contribution in [0.2, 0.25) is 0 Å². The molecule has 0 bridgehead atoms. The number of piperidine rings is 1. The van der Waals surface area contributed by atoms with E-state index >= 15 is 0 Å². The number of rotatable bonds is 2. The molecular weight excluding hydrogens is 472 g/mol. The minimum atomic E-state index is -3.15. The Morgan fingerprint density at radius 2 is 1.89 bits per heavy atom. The second-order valence-electron chi connectivity index (χ2n) is 14.2. The largest absolute Gasteiger partial charge is 0.785 e. The van der Waals surface area contributed by atoms with Gasteiger partial charge in [-0.1, -0.05) is 31.9 Å². The van der Waals surface area contributed by atoms with Crippen LogP contribution in [-0.2, 0) is 14.8 Å². The van der Waals surface area contributed by atoms with E-state index in [9.17, 15) is 13.6 Å². The molecule has 6 rings (SSSR count). The van der Waals surface area contributed by atoms with Gasteiger partial charge < -0.3 is 15.0 Å². The molecule has 6 aliphatic rings. The molecule has 0 aromatic heterocycles. The molecule has 0 amide bonds. The van der Waals surface area contributed by atoms with Crippen molar-refractivity contribution < 1.29 is 13.2 Å². The third-order valence-electron chi connectivity index (χ3n) is 12.1. The predicted octanol–water partition coefficient (Wildman–Crippen LogP) is 5.24. The molecule has 36 heavy (non-hydrogen) atoms. The van der Waals surface area contributed by atoms with Crippen molar-refractivity contribution in [3.8, 4) is 0 Å². The van der Waals surface area contributed by atoms with Gasteiger partial charge in [0.15, 0.2) is 0 Å². The maximum Gasteiger partial charge on any atom is 0.208 e. The van der Waals surface area contributed by atoms with Crippen molar-refractivity contribution in [1.29, 1.82) is 0 Å². The molecule has 4 aliphatic carbocycles. The molecule has 3 saturated carbocycles. The fourth-order valence-corrected chi connectivity index (χ4v) is 11.2. The van der Waals surface area contributed by atoms with Gasteiger partial charge in [0.05, 0.1) is 18.0 Å². The van der Waals surface area contributed by atoms with Crippen LogP contribution >= 0.6 is 0 Å². The molecule has 2 aliphatic heterocycles. The topological polar surface area (TPSA) is 81.7 Å². The number of nitrogens with one attached hydrogen (secondary N) is 1. The highest BCUT2D eigenvalue weighted by Crippen LogP contribution is 2.65. The van der Waals surface area contributed by atoms with Crippen LogP contribution in [0.3, 0.4) is 0 Å². The van der Waals surface area contributed by atoms with Crippen LogP contribution < -0.4 is 4.72 Å². The molecule has 1 spiro atoms. The van der Waals surface area contributed by atoms with E-state index in [0.717, 1.165) is 50.4 Å². The van der Waals surface area contributed by atoms with Crippen LogP contribution in [0.4, 0.5) is 0 Å². The van der Waals surface area contributed by atoms with Crippen molar-refractivity contribution >= 4 is 10.0 Å². The third-order valence-corrected chi connectivity index (χ3v) is 12.9. The van der Waals surface area contributed by atoms with Crippen LogP contribution in [0.15, 0.2) is 11.1 Å². The van der Waals surface area contributed by atoms with Crippen LogP contribution in [0.5, 0.6) is 0 Å². The van der Waals surface area contributed by atoms with Gasteiger partial charge in [0.1, 0.15) is 0 Å². The number of fused-ring (bicyclic) bond motifs is 6. The molecule has 204 valence electrons. The number of ether oxygens (including phenoxy) is 1. The van der Waals surface area contributed by atoms with E-state index in [1.165, 1.54) is 37.0 Å². The van der Waals surface area contributed by atoms with Gasteiger partial charge in [0.25, 0.3) is 0 Å². The van der Waals surface area contributed by atoms with Crippen molar-refractivity contribution in [1.82, 2.24) is 9.79 Å². The Hall–Kier alpha value is -0.470.